The van der Waals surface area contributed by atoms with Crippen LogP contribution in [0.15, 0.2) is 30.3 Å². The van der Waals surface area contributed by atoms with E-state index in [-0.39, 0.29) is 11.8 Å². The number of nitro benzene ring substituents is 2. The van der Waals surface area contributed by atoms with E-state index in [4.69, 9.17) is 11.6 Å². The molecule has 0 aliphatic rings. The van der Waals surface area contributed by atoms with Crippen LogP contribution < -0.4 is 10.1 Å². The predicted octanol–water partition coefficient (Wildman–Crippen LogP) is 5.82. The molecule has 0 atom stereocenters. The first-order chi connectivity index (χ1) is 13.2. The van der Waals surface area contributed by atoms with Gasteiger partial charge in [-0.2, -0.15) is 13.2 Å². The standard InChI is InChI=1S/C14H6ClF6N3O5/c15-10-8(13(16,17)18)5-9(23(25)26)11(12(10)24(27)28)22-6-1-3-7(4-2-6)29-14(19,20)21/h1-5,22H. The van der Waals surface area contributed by atoms with E-state index in [2.05, 4.69) is 10.1 Å². The van der Waals surface area contributed by atoms with Crippen LogP contribution in [0, 0.1) is 20.2 Å². The molecule has 0 radical (unpaired) electrons. The van der Waals surface area contributed by atoms with Gasteiger partial charge in [0.2, 0.25) is 0 Å². The van der Waals surface area contributed by atoms with Crippen molar-refractivity contribution in [1.82, 2.24) is 0 Å². The van der Waals surface area contributed by atoms with Crippen molar-refractivity contribution in [2.75, 3.05) is 5.32 Å². The lowest BCUT2D eigenvalue weighted by Gasteiger charge is -2.14. The van der Waals surface area contributed by atoms with Crippen molar-refractivity contribution in [3.63, 3.8) is 0 Å². The molecule has 0 aliphatic heterocycles. The Morgan fingerprint density at radius 2 is 1.52 bits per heavy atom. The van der Waals surface area contributed by atoms with E-state index in [1.54, 1.807) is 0 Å². The molecule has 29 heavy (non-hydrogen) atoms. The maximum atomic E-state index is 13.0. The Hall–Kier alpha value is -3.29. The highest BCUT2D eigenvalue weighted by Gasteiger charge is 2.42. The SMILES string of the molecule is O=[N+]([O-])c1cc(C(F)(F)F)c(Cl)c([N+](=O)[O-])c1Nc1ccc(OC(F)(F)F)cc1. The first kappa shape index (κ1) is 22.0. The number of hydrogen-bond acceptors (Lipinski definition) is 6. The van der Waals surface area contributed by atoms with Crippen molar-refractivity contribution >= 4 is 34.4 Å². The number of alkyl halides is 6. The lowest BCUT2D eigenvalue weighted by atomic mass is 10.1. The fourth-order valence-electron chi connectivity index (χ4n) is 2.16. The van der Waals surface area contributed by atoms with Crippen molar-refractivity contribution in [2.24, 2.45) is 0 Å². The Morgan fingerprint density at radius 1 is 0.966 bits per heavy atom. The summed E-state index contributed by atoms with van der Waals surface area (Å²) < 4.78 is 79.1. The fourth-order valence-corrected chi connectivity index (χ4v) is 2.49. The highest BCUT2D eigenvalue weighted by molar-refractivity contribution is 6.34. The molecule has 2 rings (SSSR count). The van der Waals surface area contributed by atoms with Crippen LogP contribution in [0.3, 0.4) is 0 Å². The van der Waals surface area contributed by atoms with Gasteiger partial charge in [0.05, 0.1) is 15.4 Å². The first-order valence-corrected chi connectivity index (χ1v) is 7.44. The number of rotatable bonds is 5. The number of nitrogens with zero attached hydrogens (tertiary/aromatic N) is 2. The maximum Gasteiger partial charge on any atom is 0.573 e. The van der Waals surface area contributed by atoms with Gasteiger partial charge < -0.3 is 10.1 Å². The number of hydrogen-bond donors (Lipinski definition) is 1. The Balaban J connectivity index is 2.58. The van der Waals surface area contributed by atoms with E-state index in [1.165, 1.54) is 0 Å². The molecule has 0 saturated heterocycles. The number of anilines is 2. The van der Waals surface area contributed by atoms with E-state index < -0.39 is 55.8 Å². The molecule has 156 valence electrons. The summed E-state index contributed by atoms with van der Waals surface area (Å²) in [6.45, 7) is 0. The van der Waals surface area contributed by atoms with Crippen molar-refractivity contribution in [1.29, 1.82) is 0 Å². The van der Waals surface area contributed by atoms with Crippen molar-refractivity contribution in [3.05, 3.63) is 61.1 Å². The van der Waals surface area contributed by atoms with Crippen LogP contribution in [0.1, 0.15) is 5.56 Å². The molecular weight excluding hydrogens is 440 g/mol. The normalized spacial score (nSPS) is 11.8. The molecule has 0 unspecified atom stereocenters. The molecule has 0 fully saturated rings. The summed E-state index contributed by atoms with van der Waals surface area (Å²) in [4.78, 5) is 19.8. The molecule has 0 aromatic heterocycles. The lowest BCUT2D eigenvalue weighted by molar-refractivity contribution is -0.392. The summed E-state index contributed by atoms with van der Waals surface area (Å²) in [5, 5.41) is 23.2. The van der Waals surface area contributed by atoms with Crippen molar-refractivity contribution in [3.8, 4) is 5.75 Å². The zero-order valence-corrected chi connectivity index (χ0v) is 14.2. The van der Waals surface area contributed by atoms with E-state index in [0.29, 0.717) is 0 Å². The molecule has 15 heteroatoms. The van der Waals surface area contributed by atoms with Crippen LogP contribution in [-0.4, -0.2) is 16.2 Å². The van der Waals surface area contributed by atoms with Crippen LogP contribution in [0.25, 0.3) is 0 Å². The third-order valence-corrected chi connectivity index (χ3v) is 3.64. The molecule has 2 aromatic rings. The molecule has 0 heterocycles. The van der Waals surface area contributed by atoms with Gasteiger partial charge in [-0.05, 0) is 24.3 Å². The van der Waals surface area contributed by atoms with Crippen LogP contribution in [0.2, 0.25) is 5.02 Å². The van der Waals surface area contributed by atoms with Gasteiger partial charge >= 0.3 is 23.9 Å². The average Bonchev–Trinajstić information content (AvgIpc) is 2.53. The van der Waals surface area contributed by atoms with Gasteiger partial charge in [0.1, 0.15) is 10.8 Å². The molecule has 0 bridgehead atoms. The molecule has 1 N–H and O–H groups in total. The molecule has 0 saturated carbocycles. The maximum absolute atomic E-state index is 13.0. The highest BCUT2D eigenvalue weighted by atomic mass is 35.5. The summed E-state index contributed by atoms with van der Waals surface area (Å²) in [7, 11) is 0. The summed E-state index contributed by atoms with van der Waals surface area (Å²) >= 11 is 5.47. The smallest absolute Gasteiger partial charge is 0.406 e. The minimum Gasteiger partial charge on any atom is -0.406 e. The topological polar surface area (TPSA) is 108 Å². The predicted molar refractivity (Wildman–Crippen MR) is 86.2 cm³/mol. The summed E-state index contributed by atoms with van der Waals surface area (Å²) in [6, 6.07) is 3.37. The van der Waals surface area contributed by atoms with E-state index in [0.717, 1.165) is 24.3 Å². The minimum atomic E-state index is -5.22. The van der Waals surface area contributed by atoms with Gasteiger partial charge in [-0.25, -0.2) is 0 Å². The van der Waals surface area contributed by atoms with Gasteiger partial charge in [0, 0.05) is 11.8 Å². The number of benzene rings is 2. The Bertz CT molecular complexity index is 962. The van der Waals surface area contributed by atoms with Crippen molar-refractivity contribution < 1.29 is 40.9 Å². The Labute approximate surface area is 160 Å². The summed E-state index contributed by atoms with van der Waals surface area (Å²) in [5.74, 6) is -0.669. The number of ether oxygens (including phenoxy) is 1. The zero-order chi connectivity index (χ0) is 22.1. The third-order valence-electron chi connectivity index (χ3n) is 3.26. The van der Waals surface area contributed by atoms with Gasteiger partial charge in [-0.1, -0.05) is 11.6 Å². The fraction of sp³-hybridized carbons (Fsp3) is 0.143. The Morgan fingerprint density at radius 3 is 1.93 bits per heavy atom. The second kappa shape index (κ2) is 7.62. The second-order valence-corrected chi connectivity index (χ2v) is 5.57. The van der Waals surface area contributed by atoms with Gasteiger partial charge in [-0.15, -0.1) is 13.2 Å². The van der Waals surface area contributed by atoms with E-state index in [1.807, 2.05) is 0 Å². The molecule has 0 spiro atoms. The van der Waals surface area contributed by atoms with Crippen LogP contribution in [0.4, 0.5) is 49.1 Å². The number of nitrogens with one attached hydrogen (secondary N) is 1. The third kappa shape index (κ3) is 5.16. The Kier molecular flexibility index (Phi) is 5.78. The second-order valence-electron chi connectivity index (χ2n) is 5.19. The van der Waals surface area contributed by atoms with Gasteiger partial charge in [-0.3, -0.25) is 20.2 Å². The summed E-state index contributed by atoms with van der Waals surface area (Å²) in [5.41, 5.74) is -5.74. The molecule has 2 aromatic carbocycles. The van der Waals surface area contributed by atoms with Crippen molar-refractivity contribution in [2.45, 2.75) is 12.5 Å². The van der Waals surface area contributed by atoms with E-state index >= 15 is 0 Å². The van der Waals surface area contributed by atoms with E-state index in [9.17, 15) is 46.6 Å². The minimum absolute atomic E-state index is 0.0127. The average molecular weight is 446 g/mol. The zero-order valence-electron chi connectivity index (χ0n) is 13.5. The molecular formula is C14H6ClF6N3O5. The number of halogens is 7. The monoisotopic (exact) mass is 445 g/mol. The van der Waals surface area contributed by atoms with Crippen LogP contribution >= 0.6 is 11.6 Å². The quantitative estimate of drug-likeness (QED) is 0.353. The molecule has 0 aliphatic carbocycles. The molecule has 0 amide bonds. The molecule has 8 nitrogen and oxygen atoms in total. The largest absolute Gasteiger partial charge is 0.573 e. The number of nitro groups is 2. The first-order valence-electron chi connectivity index (χ1n) is 7.06. The van der Waals surface area contributed by atoms with Gasteiger partial charge in [0.15, 0.2) is 5.69 Å². The van der Waals surface area contributed by atoms with Crippen LogP contribution in [-0.2, 0) is 6.18 Å². The summed E-state index contributed by atoms with van der Waals surface area (Å²) in [6.07, 6.45) is -10.2. The lowest BCUT2D eigenvalue weighted by Crippen LogP contribution is -2.17. The van der Waals surface area contributed by atoms with Crippen LogP contribution in [0.5, 0.6) is 5.75 Å². The highest BCUT2D eigenvalue weighted by Crippen LogP contribution is 2.48. The van der Waals surface area contributed by atoms with Gasteiger partial charge in [0.25, 0.3) is 0 Å².